The van der Waals surface area contributed by atoms with E-state index in [2.05, 4.69) is 12.2 Å². The first-order valence-electron chi connectivity index (χ1n) is 9.20. The molecule has 2 aromatic carbocycles. The van der Waals surface area contributed by atoms with Gasteiger partial charge in [-0.1, -0.05) is 62.2 Å². The Morgan fingerprint density at radius 3 is 2.58 bits per heavy atom. The van der Waals surface area contributed by atoms with Crippen molar-refractivity contribution in [2.24, 2.45) is 0 Å². The number of amides is 1. The fraction of sp³-hybridized carbons (Fsp3) is 0.273. The van der Waals surface area contributed by atoms with Crippen molar-refractivity contribution in [3.05, 3.63) is 71.9 Å². The maximum absolute atomic E-state index is 12.8. The van der Waals surface area contributed by atoms with Gasteiger partial charge in [0.15, 0.2) is 0 Å². The summed E-state index contributed by atoms with van der Waals surface area (Å²) in [6.45, 7) is 4.88. The summed E-state index contributed by atoms with van der Waals surface area (Å²) in [5.41, 5.74) is 4.38. The van der Waals surface area contributed by atoms with Crippen LogP contribution in [0, 0.1) is 6.92 Å². The lowest BCUT2D eigenvalue weighted by Gasteiger charge is -2.09. The van der Waals surface area contributed by atoms with E-state index in [0.717, 1.165) is 41.8 Å². The van der Waals surface area contributed by atoms with Crippen LogP contribution in [0.4, 0.5) is 0 Å². The van der Waals surface area contributed by atoms with Crippen LogP contribution in [0.1, 0.15) is 42.2 Å². The Hall–Kier alpha value is -2.88. The number of nitrogens with one attached hydrogen (secondary N) is 1. The maximum Gasteiger partial charge on any atom is 0.270 e. The number of unbranched alkanes of at least 4 members (excludes halogenated alkanes) is 2. The van der Waals surface area contributed by atoms with Gasteiger partial charge in [-0.25, -0.2) is 4.68 Å². The molecule has 0 saturated carbocycles. The summed E-state index contributed by atoms with van der Waals surface area (Å²) in [6, 6.07) is 19.8. The second-order valence-corrected chi connectivity index (χ2v) is 6.49. The Kier molecular flexibility index (Phi) is 5.84. The molecule has 0 unspecified atom stereocenters. The molecular weight excluding hydrogens is 322 g/mol. The van der Waals surface area contributed by atoms with Crippen LogP contribution in [0.15, 0.2) is 60.7 Å². The first-order valence-corrected chi connectivity index (χ1v) is 9.20. The number of rotatable bonds is 7. The normalized spacial score (nSPS) is 10.7. The maximum atomic E-state index is 12.8. The minimum atomic E-state index is -0.0858. The van der Waals surface area contributed by atoms with Crippen molar-refractivity contribution in [2.75, 3.05) is 6.54 Å². The highest BCUT2D eigenvalue weighted by molar-refractivity contribution is 5.94. The molecule has 0 saturated heterocycles. The summed E-state index contributed by atoms with van der Waals surface area (Å²) in [5, 5.41) is 7.74. The predicted octanol–water partition coefficient (Wildman–Crippen LogP) is 4.77. The van der Waals surface area contributed by atoms with Crippen LogP contribution >= 0.6 is 0 Å². The molecule has 0 aliphatic carbocycles. The van der Waals surface area contributed by atoms with E-state index in [1.54, 1.807) is 4.68 Å². The summed E-state index contributed by atoms with van der Waals surface area (Å²) in [6.07, 6.45) is 3.24. The Labute approximate surface area is 154 Å². The summed E-state index contributed by atoms with van der Waals surface area (Å²) in [4.78, 5) is 12.8. The Morgan fingerprint density at radius 1 is 1.04 bits per heavy atom. The molecule has 0 spiro atoms. The standard InChI is InChI=1S/C22H25N3O/c1-3-4-8-14-23-22(26)21-16-20(18-11-6-5-7-12-18)24-25(21)19-13-9-10-17(2)15-19/h5-7,9-13,15-16H,3-4,8,14H2,1-2H3,(H,23,26). The van der Waals surface area contributed by atoms with Crippen LogP contribution in [0.5, 0.6) is 0 Å². The van der Waals surface area contributed by atoms with Crippen molar-refractivity contribution in [1.29, 1.82) is 0 Å². The number of hydrogen-bond donors (Lipinski definition) is 1. The van der Waals surface area contributed by atoms with Gasteiger partial charge in [-0.05, 0) is 37.1 Å². The van der Waals surface area contributed by atoms with E-state index in [1.165, 1.54) is 0 Å². The molecule has 1 amide bonds. The molecule has 0 bridgehead atoms. The van der Waals surface area contributed by atoms with Crippen molar-refractivity contribution in [1.82, 2.24) is 15.1 Å². The highest BCUT2D eigenvalue weighted by atomic mass is 16.2. The lowest BCUT2D eigenvalue weighted by molar-refractivity contribution is 0.0945. The first-order chi connectivity index (χ1) is 12.7. The molecule has 4 heteroatoms. The van der Waals surface area contributed by atoms with E-state index in [9.17, 15) is 4.79 Å². The van der Waals surface area contributed by atoms with Gasteiger partial charge in [-0.15, -0.1) is 0 Å². The number of hydrogen-bond acceptors (Lipinski definition) is 2. The van der Waals surface area contributed by atoms with Crippen molar-refractivity contribution < 1.29 is 4.79 Å². The minimum absolute atomic E-state index is 0.0858. The van der Waals surface area contributed by atoms with Crippen LogP contribution in [-0.2, 0) is 0 Å². The first kappa shape index (κ1) is 17.9. The highest BCUT2D eigenvalue weighted by Gasteiger charge is 2.17. The van der Waals surface area contributed by atoms with Gasteiger partial charge in [-0.3, -0.25) is 4.79 Å². The fourth-order valence-corrected chi connectivity index (χ4v) is 2.92. The van der Waals surface area contributed by atoms with Crippen molar-refractivity contribution >= 4 is 5.91 Å². The largest absolute Gasteiger partial charge is 0.351 e. The van der Waals surface area contributed by atoms with E-state index in [0.29, 0.717) is 12.2 Å². The molecule has 26 heavy (non-hydrogen) atoms. The predicted molar refractivity (Wildman–Crippen MR) is 106 cm³/mol. The minimum Gasteiger partial charge on any atom is -0.351 e. The molecule has 1 aromatic heterocycles. The Morgan fingerprint density at radius 2 is 1.85 bits per heavy atom. The molecule has 3 aromatic rings. The van der Waals surface area contributed by atoms with Gasteiger partial charge in [-0.2, -0.15) is 5.10 Å². The summed E-state index contributed by atoms with van der Waals surface area (Å²) in [7, 11) is 0. The van der Waals surface area contributed by atoms with E-state index >= 15 is 0 Å². The smallest absolute Gasteiger partial charge is 0.270 e. The number of carbonyl (C=O) groups is 1. The van der Waals surface area contributed by atoms with E-state index < -0.39 is 0 Å². The number of aromatic nitrogens is 2. The van der Waals surface area contributed by atoms with Crippen molar-refractivity contribution in [3.63, 3.8) is 0 Å². The third-order valence-corrected chi connectivity index (χ3v) is 4.32. The van der Waals surface area contributed by atoms with E-state index in [1.807, 2.05) is 67.6 Å². The molecule has 4 nitrogen and oxygen atoms in total. The molecule has 3 rings (SSSR count). The van der Waals surface area contributed by atoms with Crippen LogP contribution < -0.4 is 5.32 Å². The highest BCUT2D eigenvalue weighted by Crippen LogP contribution is 2.22. The SMILES string of the molecule is CCCCCNC(=O)c1cc(-c2ccccc2)nn1-c1cccc(C)c1. The average molecular weight is 347 g/mol. The Balaban J connectivity index is 1.95. The zero-order chi connectivity index (χ0) is 18.4. The lowest BCUT2D eigenvalue weighted by atomic mass is 10.1. The van der Waals surface area contributed by atoms with Crippen molar-refractivity contribution in [2.45, 2.75) is 33.1 Å². The lowest BCUT2D eigenvalue weighted by Crippen LogP contribution is -2.26. The van der Waals surface area contributed by atoms with Crippen LogP contribution in [0.25, 0.3) is 16.9 Å². The zero-order valence-electron chi connectivity index (χ0n) is 15.4. The second-order valence-electron chi connectivity index (χ2n) is 6.49. The van der Waals surface area contributed by atoms with Gasteiger partial charge in [0.2, 0.25) is 0 Å². The second kappa shape index (κ2) is 8.48. The molecule has 0 radical (unpaired) electrons. The monoisotopic (exact) mass is 347 g/mol. The summed E-state index contributed by atoms with van der Waals surface area (Å²) >= 11 is 0. The van der Waals surface area contributed by atoms with Crippen LogP contribution in [0.2, 0.25) is 0 Å². The van der Waals surface area contributed by atoms with Gasteiger partial charge in [0.25, 0.3) is 5.91 Å². The topological polar surface area (TPSA) is 46.9 Å². The summed E-state index contributed by atoms with van der Waals surface area (Å²) in [5.74, 6) is -0.0858. The molecule has 1 N–H and O–H groups in total. The molecule has 0 aliphatic rings. The van der Waals surface area contributed by atoms with Crippen molar-refractivity contribution in [3.8, 4) is 16.9 Å². The van der Waals surface area contributed by atoms with Gasteiger partial charge < -0.3 is 5.32 Å². The van der Waals surface area contributed by atoms with Crippen LogP contribution in [-0.4, -0.2) is 22.2 Å². The number of benzene rings is 2. The summed E-state index contributed by atoms with van der Waals surface area (Å²) < 4.78 is 1.74. The fourth-order valence-electron chi connectivity index (χ4n) is 2.92. The van der Waals surface area contributed by atoms with Gasteiger partial charge >= 0.3 is 0 Å². The third-order valence-electron chi connectivity index (χ3n) is 4.32. The third kappa shape index (κ3) is 4.20. The molecule has 134 valence electrons. The number of aryl methyl sites for hydroxylation is 1. The number of carbonyl (C=O) groups excluding carboxylic acids is 1. The van der Waals surface area contributed by atoms with Gasteiger partial charge in [0.05, 0.1) is 11.4 Å². The Bertz CT molecular complexity index is 868. The van der Waals surface area contributed by atoms with Crippen LogP contribution in [0.3, 0.4) is 0 Å². The average Bonchev–Trinajstić information content (AvgIpc) is 3.11. The van der Waals surface area contributed by atoms with Gasteiger partial charge in [0.1, 0.15) is 5.69 Å². The quantitative estimate of drug-likeness (QED) is 0.626. The molecule has 0 atom stereocenters. The zero-order valence-corrected chi connectivity index (χ0v) is 15.4. The molecule has 1 heterocycles. The molecular formula is C22H25N3O. The molecule has 0 fully saturated rings. The molecule has 0 aliphatic heterocycles. The van der Waals surface area contributed by atoms with E-state index in [4.69, 9.17) is 5.10 Å². The van der Waals surface area contributed by atoms with Gasteiger partial charge in [0, 0.05) is 12.1 Å². The number of nitrogens with zero attached hydrogens (tertiary/aromatic N) is 2. The van der Waals surface area contributed by atoms with E-state index in [-0.39, 0.29) is 5.91 Å².